The van der Waals surface area contributed by atoms with Crippen LogP contribution in [0.15, 0.2) is 45.3 Å². The van der Waals surface area contributed by atoms with Crippen LogP contribution < -0.4 is 5.32 Å². The van der Waals surface area contributed by atoms with Crippen LogP contribution in [0, 0.1) is 0 Å². The van der Waals surface area contributed by atoms with E-state index in [1.54, 1.807) is 0 Å². The highest BCUT2D eigenvalue weighted by Crippen LogP contribution is 2.12. The average Bonchev–Trinajstić information content (AvgIpc) is 2.87. The fourth-order valence-corrected chi connectivity index (χ4v) is 2.29. The van der Waals surface area contributed by atoms with Gasteiger partial charge in [-0.1, -0.05) is 35.0 Å². The molecule has 19 heavy (non-hydrogen) atoms. The quantitative estimate of drug-likeness (QED) is 0.856. The van der Waals surface area contributed by atoms with Crippen molar-refractivity contribution in [3.05, 3.63) is 58.0 Å². The number of nitrogens with one attached hydrogen (secondary N) is 1. The van der Waals surface area contributed by atoms with E-state index in [-0.39, 0.29) is 0 Å². The maximum Gasteiger partial charge on any atom is 0.117 e. The van der Waals surface area contributed by atoms with Gasteiger partial charge in [0.25, 0.3) is 0 Å². The summed E-state index contributed by atoms with van der Waals surface area (Å²) < 4.78 is 6.81. The molecule has 2 nitrogen and oxygen atoms in total. The summed E-state index contributed by atoms with van der Waals surface area (Å²) in [6.07, 6.45) is 1.98. The number of halogens is 1. The lowest BCUT2D eigenvalue weighted by Crippen LogP contribution is -2.27. The van der Waals surface area contributed by atoms with Gasteiger partial charge in [0.1, 0.15) is 11.5 Å². The highest BCUT2D eigenvalue weighted by Gasteiger charge is 2.05. The number of rotatable bonds is 6. The largest absolute Gasteiger partial charge is 0.465 e. The number of aryl methyl sites for hydroxylation is 1. The van der Waals surface area contributed by atoms with Crippen LogP contribution in [0.25, 0.3) is 0 Å². The van der Waals surface area contributed by atoms with Gasteiger partial charge in [0.2, 0.25) is 0 Å². The molecule has 102 valence electrons. The van der Waals surface area contributed by atoms with Crippen LogP contribution >= 0.6 is 15.9 Å². The van der Waals surface area contributed by atoms with Crippen LogP contribution in [-0.4, -0.2) is 6.04 Å². The Morgan fingerprint density at radius 3 is 2.42 bits per heavy atom. The van der Waals surface area contributed by atoms with Crippen molar-refractivity contribution in [3.8, 4) is 0 Å². The molecule has 0 saturated carbocycles. The minimum atomic E-state index is 0.427. The number of hydrogen-bond donors (Lipinski definition) is 1. The summed E-state index contributed by atoms with van der Waals surface area (Å²) in [7, 11) is 0. The molecule has 1 unspecified atom stereocenters. The van der Waals surface area contributed by atoms with E-state index in [0.717, 1.165) is 35.4 Å². The second-order valence-electron chi connectivity index (χ2n) is 4.83. The molecule has 1 N–H and O–H groups in total. The molecule has 0 bridgehead atoms. The molecular formula is C16H20BrNO. The summed E-state index contributed by atoms with van der Waals surface area (Å²) >= 11 is 3.45. The fraction of sp³-hybridized carbons (Fsp3) is 0.375. The Kier molecular flexibility index (Phi) is 5.23. The first kappa shape index (κ1) is 14.4. The van der Waals surface area contributed by atoms with Crippen molar-refractivity contribution in [2.75, 3.05) is 0 Å². The Bertz CT molecular complexity index is 504. The van der Waals surface area contributed by atoms with Crippen molar-refractivity contribution >= 4 is 15.9 Å². The third-order valence-corrected chi connectivity index (χ3v) is 3.67. The Labute approximate surface area is 123 Å². The third kappa shape index (κ3) is 4.51. The number of furan rings is 1. The van der Waals surface area contributed by atoms with Gasteiger partial charge in [0.15, 0.2) is 0 Å². The van der Waals surface area contributed by atoms with Crippen molar-refractivity contribution in [2.24, 2.45) is 0 Å². The van der Waals surface area contributed by atoms with E-state index in [0.29, 0.717) is 6.04 Å². The van der Waals surface area contributed by atoms with E-state index >= 15 is 0 Å². The van der Waals surface area contributed by atoms with Crippen LogP contribution in [0.3, 0.4) is 0 Å². The van der Waals surface area contributed by atoms with E-state index < -0.39 is 0 Å². The summed E-state index contributed by atoms with van der Waals surface area (Å²) in [5.74, 6) is 2.07. The lowest BCUT2D eigenvalue weighted by Gasteiger charge is -2.13. The molecule has 0 aliphatic heterocycles. The summed E-state index contributed by atoms with van der Waals surface area (Å²) in [5, 5.41) is 3.49. The molecule has 2 rings (SSSR count). The van der Waals surface area contributed by atoms with Gasteiger partial charge in [-0.2, -0.15) is 0 Å². The van der Waals surface area contributed by atoms with Crippen LogP contribution in [0.2, 0.25) is 0 Å². The fourth-order valence-electron chi connectivity index (χ4n) is 2.03. The Morgan fingerprint density at radius 2 is 1.79 bits per heavy atom. The van der Waals surface area contributed by atoms with Crippen molar-refractivity contribution in [1.82, 2.24) is 5.32 Å². The molecule has 3 heteroatoms. The summed E-state index contributed by atoms with van der Waals surface area (Å²) in [5.41, 5.74) is 1.34. The molecule has 1 atom stereocenters. The second kappa shape index (κ2) is 6.92. The standard InChI is InChI=1S/C16H20BrNO/c1-3-15-8-9-16(19-15)11-18-12(2)10-13-4-6-14(17)7-5-13/h4-9,12,18H,3,10-11H2,1-2H3. The molecule has 0 radical (unpaired) electrons. The van der Waals surface area contributed by atoms with E-state index in [9.17, 15) is 0 Å². The molecule has 1 aromatic carbocycles. The summed E-state index contributed by atoms with van der Waals surface area (Å²) in [4.78, 5) is 0. The number of benzene rings is 1. The first-order valence-corrected chi connectivity index (χ1v) is 7.52. The van der Waals surface area contributed by atoms with Crippen LogP contribution in [-0.2, 0) is 19.4 Å². The molecule has 1 aromatic heterocycles. The topological polar surface area (TPSA) is 25.2 Å². The van der Waals surface area contributed by atoms with Gasteiger partial charge in [0.05, 0.1) is 6.54 Å². The average molecular weight is 322 g/mol. The van der Waals surface area contributed by atoms with Crippen molar-refractivity contribution in [2.45, 2.75) is 39.3 Å². The van der Waals surface area contributed by atoms with Gasteiger partial charge in [-0.3, -0.25) is 0 Å². The zero-order chi connectivity index (χ0) is 13.7. The molecule has 0 saturated heterocycles. The lowest BCUT2D eigenvalue weighted by atomic mass is 10.1. The van der Waals surface area contributed by atoms with Crippen molar-refractivity contribution < 1.29 is 4.42 Å². The van der Waals surface area contributed by atoms with Crippen LogP contribution in [0.4, 0.5) is 0 Å². The summed E-state index contributed by atoms with van der Waals surface area (Å²) in [6.45, 7) is 5.09. The molecule has 0 fully saturated rings. The highest BCUT2D eigenvalue weighted by molar-refractivity contribution is 9.10. The lowest BCUT2D eigenvalue weighted by molar-refractivity contribution is 0.431. The second-order valence-corrected chi connectivity index (χ2v) is 5.75. The van der Waals surface area contributed by atoms with Gasteiger partial charge in [0, 0.05) is 16.9 Å². The van der Waals surface area contributed by atoms with E-state index in [2.05, 4.69) is 71.5 Å². The van der Waals surface area contributed by atoms with Crippen molar-refractivity contribution in [1.29, 1.82) is 0 Å². The Morgan fingerprint density at radius 1 is 1.11 bits per heavy atom. The molecule has 0 amide bonds. The molecular weight excluding hydrogens is 302 g/mol. The van der Waals surface area contributed by atoms with E-state index in [1.165, 1.54) is 5.56 Å². The Balaban J connectivity index is 1.81. The first-order valence-electron chi connectivity index (χ1n) is 6.72. The maximum absolute atomic E-state index is 5.68. The van der Waals surface area contributed by atoms with Crippen LogP contribution in [0.1, 0.15) is 30.9 Å². The number of hydrogen-bond acceptors (Lipinski definition) is 2. The third-order valence-electron chi connectivity index (χ3n) is 3.15. The van der Waals surface area contributed by atoms with Gasteiger partial charge in [-0.15, -0.1) is 0 Å². The summed E-state index contributed by atoms with van der Waals surface area (Å²) in [6, 6.07) is 13.0. The molecule has 0 spiro atoms. The minimum absolute atomic E-state index is 0.427. The van der Waals surface area contributed by atoms with Crippen LogP contribution in [0.5, 0.6) is 0 Å². The smallest absolute Gasteiger partial charge is 0.117 e. The van der Waals surface area contributed by atoms with E-state index in [1.807, 2.05) is 0 Å². The molecule has 2 aromatic rings. The minimum Gasteiger partial charge on any atom is -0.465 e. The molecule has 1 heterocycles. The van der Waals surface area contributed by atoms with Gasteiger partial charge >= 0.3 is 0 Å². The predicted octanol–water partition coefficient (Wildman–Crippen LogP) is 4.33. The monoisotopic (exact) mass is 321 g/mol. The SMILES string of the molecule is CCc1ccc(CNC(C)Cc2ccc(Br)cc2)o1. The predicted molar refractivity (Wildman–Crippen MR) is 82.2 cm³/mol. The van der Waals surface area contributed by atoms with Gasteiger partial charge in [-0.25, -0.2) is 0 Å². The zero-order valence-corrected chi connectivity index (χ0v) is 13.0. The molecule has 0 aliphatic rings. The zero-order valence-electron chi connectivity index (χ0n) is 11.4. The van der Waals surface area contributed by atoms with Gasteiger partial charge < -0.3 is 9.73 Å². The maximum atomic E-state index is 5.68. The first-order chi connectivity index (χ1) is 9.17. The Hall–Kier alpha value is -1.06. The van der Waals surface area contributed by atoms with Crippen molar-refractivity contribution in [3.63, 3.8) is 0 Å². The highest BCUT2D eigenvalue weighted by atomic mass is 79.9. The van der Waals surface area contributed by atoms with E-state index in [4.69, 9.17) is 4.42 Å². The van der Waals surface area contributed by atoms with Gasteiger partial charge in [-0.05, 0) is 43.2 Å². The normalized spacial score (nSPS) is 12.6. The molecule has 0 aliphatic carbocycles.